The standard InChI is InChI=1S/C21H21FN4O3/c1-12-3-5-14(16(22)9-12)20(29)13-4-6-18(28)15(10-13)17-11-19(25-21(23)24-17)26(2)7-8-27/h3-6,9-11,27-28H,7-8H2,1-2H3,(H2,23,24,25). The molecule has 3 aromatic rings. The number of anilines is 2. The number of nitrogens with two attached hydrogens (primary N) is 1. The summed E-state index contributed by atoms with van der Waals surface area (Å²) < 4.78 is 14.2. The van der Waals surface area contributed by atoms with Gasteiger partial charge in [0.05, 0.1) is 17.9 Å². The van der Waals surface area contributed by atoms with E-state index in [1.807, 2.05) is 0 Å². The van der Waals surface area contributed by atoms with E-state index in [4.69, 9.17) is 10.8 Å². The van der Waals surface area contributed by atoms with Crippen LogP contribution in [0.5, 0.6) is 5.75 Å². The van der Waals surface area contributed by atoms with Gasteiger partial charge in [-0.15, -0.1) is 0 Å². The van der Waals surface area contributed by atoms with Crippen molar-refractivity contribution in [2.24, 2.45) is 0 Å². The normalized spacial score (nSPS) is 10.8. The fourth-order valence-electron chi connectivity index (χ4n) is 2.89. The highest BCUT2D eigenvalue weighted by molar-refractivity contribution is 6.10. The van der Waals surface area contributed by atoms with Gasteiger partial charge in [-0.05, 0) is 42.8 Å². The van der Waals surface area contributed by atoms with Crippen LogP contribution < -0.4 is 10.6 Å². The molecule has 1 heterocycles. The molecule has 0 spiro atoms. The number of aromatic nitrogens is 2. The number of aryl methyl sites for hydroxylation is 1. The number of carbonyl (C=O) groups excluding carboxylic acids is 1. The van der Waals surface area contributed by atoms with E-state index in [2.05, 4.69) is 9.97 Å². The molecule has 150 valence electrons. The number of carbonyl (C=O) groups is 1. The predicted octanol–water partition coefficient (Wildman–Crippen LogP) is 2.54. The molecule has 2 aromatic carbocycles. The van der Waals surface area contributed by atoms with Crippen LogP contribution in [0.3, 0.4) is 0 Å². The third-order valence-electron chi connectivity index (χ3n) is 4.46. The molecule has 0 unspecified atom stereocenters. The van der Waals surface area contributed by atoms with Gasteiger partial charge in [0.15, 0.2) is 5.78 Å². The van der Waals surface area contributed by atoms with E-state index < -0.39 is 11.6 Å². The molecule has 0 saturated heterocycles. The molecule has 8 heteroatoms. The number of aliphatic hydroxyl groups excluding tert-OH is 1. The first-order valence-electron chi connectivity index (χ1n) is 8.91. The Labute approximate surface area is 167 Å². The number of aliphatic hydroxyl groups is 1. The van der Waals surface area contributed by atoms with E-state index in [9.17, 15) is 14.3 Å². The molecule has 7 nitrogen and oxygen atoms in total. The first kappa shape index (κ1) is 20.2. The maximum atomic E-state index is 14.2. The summed E-state index contributed by atoms with van der Waals surface area (Å²) in [7, 11) is 1.72. The maximum absolute atomic E-state index is 14.2. The number of benzene rings is 2. The zero-order valence-corrected chi connectivity index (χ0v) is 16.1. The van der Waals surface area contributed by atoms with Gasteiger partial charge in [0.1, 0.15) is 17.4 Å². The lowest BCUT2D eigenvalue weighted by Gasteiger charge is -2.18. The van der Waals surface area contributed by atoms with Gasteiger partial charge < -0.3 is 20.8 Å². The molecule has 4 N–H and O–H groups in total. The molecule has 0 aliphatic heterocycles. The number of nitrogen functional groups attached to an aromatic ring is 1. The van der Waals surface area contributed by atoms with Crippen molar-refractivity contribution in [1.82, 2.24) is 9.97 Å². The minimum atomic E-state index is -0.608. The van der Waals surface area contributed by atoms with Crippen LogP contribution in [-0.4, -0.2) is 46.2 Å². The fraction of sp³-hybridized carbons (Fsp3) is 0.190. The van der Waals surface area contributed by atoms with Gasteiger partial charge in [-0.1, -0.05) is 6.07 Å². The van der Waals surface area contributed by atoms with Crippen molar-refractivity contribution in [2.45, 2.75) is 6.92 Å². The summed E-state index contributed by atoms with van der Waals surface area (Å²) >= 11 is 0. The van der Waals surface area contributed by atoms with Gasteiger partial charge in [0.25, 0.3) is 0 Å². The number of phenols is 1. The summed E-state index contributed by atoms with van der Waals surface area (Å²) in [6.45, 7) is 1.99. The lowest BCUT2D eigenvalue weighted by Crippen LogP contribution is -2.22. The Hall–Kier alpha value is -3.52. The average molecular weight is 396 g/mol. The number of ketones is 1. The van der Waals surface area contributed by atoms with E-state index in [-0.39, 0.29) is 35.0 Å². The number of phenolic OH excluding ortho intramolecular Hbond substituents is 1. The van der Waals surface area contributed by atoms with Crippen LogP contribution in [0.2, 0.25) is 0 Å². The van der Waals surface area contributed by atoms with Crippen LogP contribution in [0, 0.1) is 12.7 Å². The van der Waals surface area contributed by atoms with Crippen molar-refractivity contribution >= 4 is 17.5 Å². The number of halogens is 1. The minimum Gasteiger partial charge on any atom is -0.507 e. The van der Waals surface area contributed by atoms with Gasteiger partial charge in [-0.3, -0.25) is 4.79 Å². The van der Waals surface area contributed by atoms with Crippen LogP contribution in [0.25, 0.3) is 11.3 Å². The summed E-state index contributed by atoms with van der Waals surface area (Å²) in [4.78, 5) is 22.7. The molecule has 1 aromatic heterocycles. The first-order valence-corrected chi connectivity index (χ1v) is 8.91. The van der Waals surface area contributed by atoms with Crippen LogP contribution in [0.4, 0.5) is 16.2 Å². The average Bonchev–Trinajstić information content (AvgIpc) is 2.67. The summed E-state index contributed by atoms with van der Waals surface area (Å²) in [5, 5.41) is 19.4. The monoisotopic (exact) mass is 396 g/mol. The first-order chi connectivity index (χ1) is 13.8. The number of likely N-dealkylation sites (N-methyl/N-ethyl adjacent to an activating group) is 1. The Balaban J connectivity index is 2.05. The number of nitrogens with zero attached hydrogens (tertiary/aromatic N) is 3. The van der Waals surface area contributed by atoms with Crippen LogP contribution in [-0.2, 0) is 0 Å². The third kappa shape index (κ3) is 4.33. The fourth-order valence-corrected chi connectivity index (χ4v) is 2.89. The molecule has 0 fully saturated rings. The largest absolute Gasteiger partial charge is 0.507 e. The molecule has 0 bridgehead atoms. The molecule has 0 atom stereocenters. The molecule has 0 radical (unpaired) electrons. The lowest BCUT2D eigenvalue weighted by atomic mass is 9.98. The number of rotatable bonds is 6. The number of aromatic hydroxyl groups is 1. The van der Waals surface area contributed by atoms with Gasteiger partial charge in [-0.2, -0.15) is 4.98 Å². The highest BCUT2D eigenvalue weighted by Gasteiger charge is 2.18. The van der Waals surface area contributed by atoms with Gasteiger partial charge in [-0.25, -0.2) is 9.37 Å². The van der Waals surface area contributed by atoms with Crippen LogP contribution >= 0.6 is 0 Å². The molecule has 29 heavy (non-hydrogen) atoms. The van der Waals surface area contributed by atoms with Crippen molar-refractivity contribution in [3.63, 3.8) is 0 Å². The highest BCUT2D eigenvalue weighted by atomic mass is 19.1. The third-order valence-corrected chi connectivity index (χ3v) is 4.46. The van der Waals surface area contributed by atoms with Gasteiger partial charge >= 0.3 is 0 Å². The van der Waals surface area contributed by atoms with E-state index in [1.54, 1.807) is 31.0 Å². The summed E-state index contributed by atoms with van der Waals surface area (Å²) in [6, 6.07) is 10.2. The Bertz CT molecular complexity index is 1070. The Morgan fingerprint density at radius 3 is 2.62 bits per heavy atom. The number of hydrogen-bond acceptors (Lipinski definition) is 7. The molecule has 0 saturated carbocycles. The van der Waals surface area contributed by atoms with Crippen molar-refractivity contribution in [3.05, 3.63) is 65.0 Å². The molecule has 3 rings (SSSR count). The van der Waals surface area contributed by atoms with Crippen molar-refractivity contribution < 1.29 is 19.4 Å². The summed E-state index contributed by atoms with van der Waals surface area (Å²) in [6.07, 6.45) is 0. The Morgan fingerprint density at radius 1 is 1.17 bits per heavy atom. The second-order valence-corrected chi connectivity index (χ2v) is 6.66. The van der Waals surface area contributed by atoms with Crippen LogP contribution in [0.15, 0.2) is 42.5 Å². The van der Waals surface area contributed by atoms with E-state index in [0.29, 0.717) is 23.6 Å². The Kier molecular flexibility index (Phi) is 5.74. The number of hydrogen-bond donors (Lipinski definition) is 3. The quantitative estimate of drug-likeness (QED) is 0.549. The van der Waals surface area contributed by atoms with Gasteiger partial charge in [0, 0.05) is 30.8 Å². The SMILES string of the molecule is Cc1ccc(C(=O)c2ccc(O)c(-c3cc(N(C)CCO)nc(N)n3)c2)c(F)c1. The van der Waals surface area contributed by atoms with Crippen molar-refractivity contribution in [1.29, 1.82) is 0 Å². The zero-order valence-electron chi connectivity index (χ0n) is 16.1. The van der Waals surface area contributed by atoms with Gasteiger partial charge in [0.2, 0.25) is 5.95 Å². The van der Waals surface area contributed by atoms with Crippen molar-refractivity contribution in [2.75, 3.05) is 30.8 Å². The minimum absolute atomic E-state index is 0.0250. The van der Waals surface area contributed by atoms with E-state index >= 15 is 0 Å². The summed E-state index contributed by atoms with van der Waals surface area (Å²) in [5.74, 6) is -0.808. The smallest absolute Gasteiger partial charge is 0.222 e. The molecular weight excluding hydrogens is 375 g/mol. The molecular formula is C21H21FN4O3. The van der Waals surface area contributed by atoms with Crippen molar-refractivity contribution in [3.8, 4) is 17.0 Å². The molecule has 0 amide bonds. The second-order valence-electron chi connectivity index (χ2n) is 6.66. The van der Waals surface area contributed by atoms with E-state index in [0.717, 1.165) is 0 Å². The second kappa shape index (κ2) is 8.24. The summed E-state index contributed by atoms with van der Waals surface area (Å²) in [5.41, 5.74) is 7.20. The zero-order chi connectivity index (χ0) is 21.1. The molecule has 0 aliphatic carbocycles. The topological polar surface area (TPSA) is 113 Å². The van der Waals surface area contributed by atoms with Crippen LogP contribution in [0.1, 0.15) is 21.5 Å². The maximum Gasteiger partial charge on any atom is 0.222 e. The molecule has 0 aliphatic rings. The lowest BCUT2D eigenvalue weighted by molar-refractivity contribution is 0.103. The predicted molar refractivity (Wildman–Crippen MR) is 108 cm³/mol. The van der Waals surface area contributed by atoms with E-state index in [1.165, 1.54) is 30.3 Å². The Morgan fingerprint density at radius 2 is 1.93 bits per heavy atom. The highest BCUT2D eigenvalue weighted by Crippen LogP contribution is 2.31.